The first-order valence-corrected chi connectivity index (χ1v) is 7.77. The van der Waals surface area contributed by atoms with E-state index in [9.17, 15) is 9.90 Å². The van der Waals surface area contributed by atoms with Crippen molar-refractivity contribution in [3.05, 3.63) is 35.6 Å². The molecule has 5 nitrogen and oxygen atoms in total. The first-order chi connectivity index (χ1) is 10.7. The van der Waals surface area contributed by atoms with Gasteiger partial charge in [0.25, 0.3) is 0 Å². The number of furan rings is 1. The summed E-state index contributed by atoms with van der Waals surface area (Å²) in [5, 5.41) is 10.2. The predicted octanol–water partition coefficient (Wildman–Crippen LogP) is 2.57. The van der Waals surface area contributed by atoms with Gasteiger partial charge in [-0.25, -0.2) is 4.79 Å². The SMILES string of the molecule is CCOC(=O)c1oc2ccccc2c1CN(CCO)C1CC1. The Morgan fingerprint density at radius 1 is 1.41 bits per heavy atom. The van der Waals surface area contributed by atoms with Gasteiger partial charge in [-0.1, -0.05) is 18.2 Å². The highest BCUT2D eigenvalue weighted by atomic mass is 16.5. The number of nitrogens with zero attached hydrogens (tertiary/aromatic N) is 1. The van der Waals surface area contributed by atoms with Gasteiger partial charge in [0.05, 0.1) is 13.2 Å². The summed E-state index contributed by atoms with van der Waals surface area (Å²) in [5.41, 5.74) is 1.55. The molecule has 1 saturated carbocycles. The van der Waals surface area contributed by atoms with Crippen LogP contribution in [0.3, 0.4) is 0 Å². The standard InChI is InChI=1S/C17H21NO4/c1-2-21-17(20)16-14(11-18(9-10-19)12-7-8-12)13-5-3-4-6-15(13)22-16/h3-6,12,19H,2,7-11H2,1H3. The van der Waals surface area contributed by atoms with E-state index in [0.29, 0.717) is 31.3 Å². The van der Waals surface area contributed by atoms with Crippen molar-refractivity contribution in [2.45, 2.75) is 32.4 Å². The molecule has 0 unspecified atom stereocenters. The molecule has 1 fully saturated rings. The van der Waals surface area contributed by atoms with Gasteiger partial charge in [0.15, 0.2) is 0 Å². The predicted molar refractivity (Wildman–Crippen MR) is 82.7 cm³/mol. The summed E-state index contributed by atoms with van der Waals surface area (Å²) in [6.45, 7) is 3.41. The van der Waals surface area contributed by atoms with Crippen molar-refractivity contribution in [2.75, 3.05) is 19.8 Å². The summed E-state index contributed by atoms with van der Waals surface area (Å²) in [4.78, 5) is 14.4. The van der Waals surface area contributed by atoms with Crippen LogP contribution in [0.15, 0.2) is 28.7 Å². The fourth-order valence-corrected chi connectivity index (χ4v) is 2.78. The Kier molecular flexibility index (Phi) is 4.45. The fraction of sp³-hybridized carbons (Fsp3) is 0.471. The third-order valence-corrected chi connectivity index (χ3v) is 3.97. The number of carbonyl (C=O) groups excluding carboxylic acids is 1. The lowest BCUT2D eigenvalue weighted by atomic mass is 10.1. The van der Waals surface area contributed by atoms with Crippen LogP contribution in [0.2, 0.25) is 0 Å². The third-order valence-electron chi connectivity index (χ3n) is 3.97. The van der Waals surface area contributed by atoms with Gasteiger partial charge in [0.2, 0.25) is 5.76 Å². The zero-order chi connectivity index (χ0) is 15.5. The number of ether oxygens (including phenoxy) is 1. The Morgan fingerprint density at radius 2 is 2.18 bits per heavy atom. The van der Waals surface area contributed by atoms with Crippen molar-refractivity contribution in [1.82, 2.24) is 4.90 Å². The maximum Gasteiger partial charge on any atom is 0.374 e. The average Bonchev–Trinajstić information content (AvgIpc) is 3.30. The van der Waals surface area contributed by atoms with Gasteiger partial charge in [0, 0.05) is 30.1 Å². The zero-order valence-electron chi connectivity index (χ0n) is 12.7. The molecule has 0 atom stereocenters. The van der Waals surface area contributed by atoms with Gasteiger partial charge in [-0.15, -0.1) is 0 Å². The van der Waals surface area contributed by atoms with Crippen molar-refractivity contribution in [2.24, 2.45) is 0 Å². The quantitative estimate of drug-likeness (QED) is 0.797. The number of hydrogen-bond acceptors (Lipinski definition) is 5. The molecule has 5 heteroatoms. The molecule has 3 rings (SSSR count). The lowest BCUT2D eigenvalue weighted by Gasteiger charge is -2.20. The molecular weight excluding hydrogens is 282 g/mol. The van der Waals surface area contributed by atoms with E-state index in [2.05, 4.69) is 4.90 Å². The lowest BCUT2D eigenvalue weighted by molar-refractivity contribution is 0.0489. The third kappa shape index (κ3) is 3.00. The molecular formula is C17H21NO4. The molecule has 1 heterocycles. The number of fused-ring (bicyclic) bond motifs is 1. The van der Waals surface area contributed by atoms with Crippen LogP contribution in [0, 0.1) is 0 Å². The first-order valence-electron chi connectivity index (χ1n) is 7.77. The first kappa shape index (κ1) is 15.1. The van der Waals surface area contributed by atoms with Crippen LogP contribution in [0.4, 0.5) is 0 Å². The van der Waals surface area contributed by atoms with Gasteiger partial charge in [-0.3, -0.25) is 4.90 Å². The van der Waals surface area contributed by atoms with Gasteiger partial charge in [-0.05, 0) is 25.8 Å². The molecule has 0 aliphatic heterocycles. The molecule has 2 aromatic rings. The van der Waals surface area contributed by atoms with Crippen LogP contribution in [0.25, 0.3) is 11.0 Å². The molecule has 118 valence electrons. The van der Waals surface area contributed by atoms with Crippen LogP contribution >= 0.6 is 0 Å². The average molecular weight is 303 g/mol. The number of benzene rings is 1. The Balaban J connectivity index is 1.97. The molecule has 1 aromatic carbocycles. The molecule has 0 radical (unpaired) electrons. The normalized spacial score (nSPS) is 14.7. The highest BCUT2D eigenvalue weighted by Gasteiger charge is 2.31. The topological polar surface area (TPSA) is 62.9 Å². The highest BCUT2D eigenvalue weighted by molar-refractivity contribution is 5.96. The van der Waals surface area contributed by atoms with Gasteiger partial charge in [-0.2, -0.15) is 0 Å². The molecule has 0 saturated heterocycles. The minimum Gasteiger partial charge on any atom is -0.460 e. The van der Waals surface area contributed by atoms with Gasteiger partial charge >= 0.3 is 5.97 Å². The Morgan fingerprint density at radius 3 is 2.86 bits per heavy atom. The number of carbonyl (C=O) groups is 1. The number of aliphatic hydroxyl groups is 1. The maximum absolute atomic E-state index is 12.2. The van der Waals surface area contributed by atoms with Crippen LogP contribution in [-0.2, 0) is 11.3 Å². The summed E-state index contributed by atoms with van der Waals surface area (Å²) in [6.07, 6.45) is 2.29. The summed E-state index contributed by atoms with van der Waals surface area (Å²) in [6, 6.07) is 8.13. The van der Waals surface area contributed by atoms with Crippen LogP contribution in [0.5, 0.6) is 0 Å². The second-order valence-electron chi connectivity index (χ2n) is 5.55. The van der Waals surface area contributed by atoms with E-state index in [-0.39, 0.29) is 12.4 Å². The smallest absolute Gasteiger partial charge is 0.374 e. The summed E-state index contributed by atoms with van der Waals surface area (Å²) in [7, 11) is 0. The van der Waals surface area contributed by atoms with E-state index in [4.69, 9.17) is 9.15 Å². The molecule has 0 bridgehead atoms. The second kappa shape index (κ2) is 6.50. The molecule has 0 spiro atoms. The van der Waals surface area contributed by atoms with Crippen molar-refractivity contribution >= 4 is 16.9 Å². The zero-order valence-corrected chi connectivity index (χ0v) is 12.7. The maximum atomic E-state index is 12.2. The molecule has 1 N–H and O–H groups in total. The summed E-state index contributed by atoms with van der Waals surface area (Å²) >= 11 is 0. The molecule has 1 aromatic heterocycles. The molecule has 22 heavy (non-hydrogen) atoms. The Labute approximate surface area is 129 Å². The number of hydrogen-bond donors (Lipinski definition) is 1. The summed E-state index contributed by atoms with van der Waals surface area (Å²) < 4.78 is 10.8. The molecule has 1 aliphatic carbocycles. The van der Waals surface area contributed by atoms with Crippen molar-refractivity contribution < 1.29 is 19.1 Å². The van der Waals surface area contributed by atoms with Crippen LogP contribution < -0.4 is 0 Å². The van der Waals surface area contributed by atoms with Crippen molar-refractivity contribution in [3.8, 4) is 0 Å². The second-order valence-corrected chi connectivity index (χ2v) is 5.55. The van der Waals surface area contributed by atoms with E-state index < -0.39 is 5.97 Å². The largest absolute Gasteiger partial charge is 0.460 e. The summed E-state index contributed by atoms with van der Waals surface area (Å²) in [5.74, 6) is -0.139. The van der Waals surface area contributed by atoms with Gasteiger partial charge in [0.1, 0.15) is 5.58 Å². The van der Waals surface area contributed by atoms with E-state index in [1.165, 1.54) is 0 Å². The minimum atomic E-state index is -0.423. The highest BCUT2D eigenvalue weighted by Crippen LogP contribution is 2.32. The van der Waals surface area contributed by atoms with Crippen molar-refractivity contribution in [1.29, 1.82) is 0 Å². The molecule has 0 amide bonds. The number of esters is 1. The van der Waals surface area contributed by atoms with Crippen molar-refractivity contribution in [3.63, 3.8) is 0 Å². The van der Waals surface area contributed by atoms with E-state index >= 15 is 0 Å². The van der Waals surface area contributed by atoms with Crippen LogP contribution in [-0.4, -0.2) is 41.8 Å². The van der Waals surface area contributed by atoms with Gasteiger partial charge < -0.3 is 14.3 Å². The monoisotopic (exact) mass is 303 g/mol. The Hall–Kier alpha value is -1.85. The van der Waals surface area contributed by atoms with E-state index in [1.54, 1.807) is 6.92 Å². The van der Waals surface area contributed by atoms with E-state index in [1.807, 2.05) is 24.3 Å². The Bertz CT molecular complexity index is 660. The van der Waals surface area contributed by atoms with E-state index in [0.717, 1.165) is 23.8 Å². The minimum absolute atomic E-state index is 0.112. The molecule has 1 aliphatic rings. The number of para-hydroxylation sites is 1. The lowest BCUT2D eigenvalue weighted by Crippen LogP contribution is -2.29. The fourth-order valence-electron chi connectivity index (χ4n) is 2.78. The number of aliphatic hydroxyl groups excluding tert-OH is 1. The van der Waals surface area contributed by atoms with Crippen LogP contribution in [0.1, 0.15) is 35.9 Å². The number of rotatable bonds is 7.